The predicted molar refractivity (Wildman–Crippen MR) is 80.7 cm³/mol. The maximum atomic E-state index is 12.9. The van der Waals surface area contributed by atoms with Crippen LogP contribution in [0.2, 0.25) is 0 Å². The average molecular weight is 296 g/mol. The predicted octanol–water partition coefficient (Wildman–Crippen LogP) is 1.56. The lowest BCUT2D eigenvalue weighted by molar-refractivity contribution is -0.156. The summed E-state index contributed by atoms with van der Waals surface area (Å²) in [6, 6.07) is -0.397. The van der Waals surface area contributed by atoms with Crippen molar-refractivity contribution in [3.8, 4) is 0 Å². The second-order valence-electron chi connectivity index (χ2n) is 7.48. The maximum absolute atomic E-state index is 12.9. The molecule has 2 fully saturated rings. The summed E-state index contributed by atoms with van der Waals surface area (Å²) in [6.07, 6.45) is 2.91. The van der Waals surface area contributed by atoms with Crippen molar-refractivity contribution in [2.45, 2.75) is 58.5 Å². The molecule has 0 bridgehead atoms. The highest BCUT2D eigenvalue weighted by Crippen LogP contribution is 2.42. The Morgan fingerprint density at radius 3 is 2.52 bits per heavy atom. The van der Waals surface area contributed by atoms with E-state index in [9.17, 15) is 9.59 Å². The summed E-state index contributed by atoms with van der Waals surface area (Å²) in [6.45, 7) is 9.18. The number of hydrogen-bond acceptors (Lipinski definition) is 3. The van der Waals surface area contributed by atoms with E-state index in [1.807, 2.05) is 13.8 Å². The highest BCUT2D eigenvalue weighted by Gasteiger charge is 2.54. The van der Waals surface area contributed by atoms with Crippen LogP contribution in [-0.2, 0) is 14.3 Å². The molecule has 1 heterocycles. The van der Waals surface area contributed by atoms with E-state index in [4.69, 9.17) is 4.74 Å². The summed E-state index contributed by atoms with van der Waals surface area (Å²) in [4.78, 5) is 27.0. The Morgan fingerprint density at radius 2 is 2.00 bits per heavy atom. The molecule has 5 heteroatoms. The van der Waals surface area contributed by atoms with Gasteiger partial charge in [-0.15, -0.1) is 0 Å². The van der Waals surface area contributed by atoms with Crippen molar-refractivity contribution in [1.29, 1.82) is 0 Å². The zero-order valence-electron chi connectivity index (χ0n) is 13.9. The Bertz CT molecular complexity index is 431. The van der Waals surface area contributed by atoms with Crippen molar-refractivity contribution in [1.82, 2.24) is 10.2 Å². The number of amides is 2. The molecule has 1 saturated heterocycles. The Kier molecular flexibility index (Phi) is 4.34. The van der Waals surface area contributed by atoms with Crippen molar-refractivity contribution < 1.29 is 14.3 Å². The molecule has 120 valence electrons. The normalized spacial score (nSPS) is 30.5. The second kappa shape index (κ2) is 5.59. The van der Waals surface area contributed by atoms with Gasteiger partial charge < -0.3 is 15.0 Å². The number of ether oxygens (including phenoxy) is 1. The van der Waals surface area contributed by atoms with Gasteiger partial charge in [0.25, 0.3) is 0 Å². The van der Waals surface area contributed by atoms with Crippen molar-refractivity contribution >= 4 is 11.8 Å². The summed E-state index contributed by atoms with van der Waals surface area (Å²) >= 11 is 0. The number of nitrogens with zero attached hydrogens (tertiary/aromatic N) is 1. The van der Waals surface area contributed by atoms with Gasteiger partial charge in [-0.2, -0.15) is 0 Å². The molecule has 0 aromatic heterocycles. The largest absolute Gasteiger partial charge is 0.385 e. The van der Waals surface area contributed by atoms with Crippen molar-refractivity contribution in [3.63, 3.8) is 0 Å². The smallest absolute Gasteiger partial charge is 0.249 e. The van der Waals surface area contributed by atoms with Crippen LogP contribution in [0, 0.1) is 11.3 Å². The van der Waals surface area contributed by atoms with Crippen LogP contribution in [0.5, 0.6) is 0 Å². The van der Waals surface area contributed by atoms with E-state index in [0.29, 0.717) is 19.1 Å². The molecule has 1 N–H and O–H groups in total. The monoisotopic (exact) mass is 296 g/mol. The van der Waals surface area contributed by atoms with Gasteiger partial charge in [-0.3, -0.25) is 9.59 Å². The Morgan fingerprint density at radius 1 is 1.38 bits per heavy atom. The number of piperazine rings is 1. The lowest BCUT2D eigenvalue weighted by Crippen LogP contribution is -2.70. The molecule has 2 amide bonds. The Hall–Kier alpha value is -1.10. The minimum atomic E-state index is -0.707. The van der Waals surface area contributed by atoms with Crippen LogP contribution in [-0.4, -0.2) is 48.6 Å². The standard InChI is InChI=1S/C16H28N2O3/c1-11-13(19)17-16(4,12-6-7-12)14(20)18(11)10-15(2,3)8-9-21-5/h11-12H,6-10H2,1-5H3,(H,17,19). The van der Waals surface area contributed by atoms with Crippen LogP contribution in [0.25, 0.3) is 0 Å². The molecule has 2 aliphatic rings. The van der Waals surface area contributed by atoms with E-state index < -0.39 is 11.6 Å². The number of carbonyl (C=O) groups excluding carboxylic acids is 2. The lowest BCUT2D eigenvalue weighted by atomic mass is 9.84. The summed E-state index contributed by atoms with van der Waals surface area (Å²) in [5, 5.41) is 2.96. The van der Waals surface area contributed by atoms with Crippen molar-refractivity contribution in [2.75, 3.05) is 20.3 Å². The first kappa shape index (κ1) is 16.3. The highest BCUT2D eigenvalue weighted by atomic mass is 16.5. The molecule has 2 atom stereocenters. The van der Waals surface area contributed by atoms with Gasteiger partial charge in [-0.25, -0.2) is 0 Å². The summed E-state index contributed by atoms with van der Waals surface area (Å²) in [5.74, 6) is 0.333. The molecule has 0 aromatic rings. The zero-order valence-corrected chi connectivity index (χ0v) is 13.9. The van der Waals surface area contributed by atoms with Crippen LogP contribution in [0.15, 0.2) is 0 Å². The van der Waals surface area contributed by atoms with Gasteiger partial charge in [-0.05, 0) is 44.4 Å². The molecule has 2 unspecified atom stereocenters. The van der Waals surface area contributed by atoms with Crippen LogP contribution >= 0.6 is 0 Å². The average Bonchev–Trinajstić information content (AvgIpc) is 3.24. The number of carbonyl (C=O) groups is 2. The minimum absolute atomic E-state index is 0.0356. The summed E-state index contributed by atoms with van der Waals surface area (Å²) in [7, 11) is 1.68. The molecule has 21 heavy (non-hydrogen) atoms. The third-order valence-electron chi connectivity index (χ3n) is 4.91. The summed E-state index contributed by atoms with van der Waals surface area (Å²) < 4.78 is 5.15. The SMILES string of the molecule is COCCC(C)(C)CN1C(=O)C(C)(C2CC2)NC(=O)C1C. The molecule has 0 aromatic carbocycles. The van der Waals surface area contributed by atoms with E-state index in [2.05, 4.69) is 19.2 Å². The van der Waals surface area contributed by atoms with Gasteiger partial charge in [0.05, 0.1) is 0 Å². The Labute approximate surface area is 127 Å². The van der Waals surface area contributed by atoms with E-state index >= 15 is 0 Å². The van der Waals surface area contributed by atoms with Gasteiger partial charge in [0.15, 0.2) is 0 Å². The first-order valence-electron chi connectivity index (χ1n) is 7.83. The van der Waals surface area contributed by atoms with Gasteiger partial charge in [0.2, 0.25) is 11.8 Å². The van der Waals surface area contributed by atoms with Crippen LogP contribution in [0.1, 0.15) is 47.0 Å². The fourth-order valence-electron chi connectivity index (χ4n) is 3.09. The fourth-order valence-corrected chi connectivity index (χ4v) is 3.09. The highest BCUT2D eigenvalue weighted by molar-refractivity contribution is 5.99. The van der Waals surface area contributed by atoms with E-state index in [0.717, 1.165) is 19.3 Å². The van der Waals surface area contributed by atoms with Gasteiger partial charge in [0.1, 0.15) is 11.6 Å². The number of hydrogen-bond donors (Lipinski definition) is 1. The van der Waals surface area contributed by atoms with Crippen LogP contribution < -0.4 is 5.32 Å². The number of nitrogens with one attached hydrogen (secondary N) is 1. The van der Waals surface area contributed by atoms with Crippen LogP contribution in [0.4, 0.5) is 0 Å². The first-order chi connectivity index (χ1) is 9.71. The zero-order chi connectivity index (χ0) is 15.8. The maximum Gasteiger partial charge on any atom is 0.249 e. The minimum Gasteiger partial charge on any atom is -0.385 e. The molecule has 0 radical (unpaired) electrons. The van der Waals surface area contributed by atoms with E-state index in [-0.39, 0.29) is 17.2 Å². The van der Waals surface area contributed by atoms with Gasteiger partial charge in [0, 0.05) is 20.3 Å². The molecule has 2 rings (SSSR count). The summed E-state index contributed by atoms with van der Waals surface area (Å²) in [5.41, 5.74) is -0.775. The molecule has 1 aliphatic carbocycles. The molecular formula is C16H28N2O3. The van der Waals surface area contributed by atoms with Crippen LogP contribution in [0.3, 0.4) is 0 Å². The molecular weight excluding hydrogens is 268 g/mol. The van der Waals surface area contributed by atoms with Gasteiger partial charge in [-0.1, -0.05) is 13.8 Å². The molecule has 0 spiro atoms. The third kappa shape index (κ3) is 3.23. The van der Waals surface area contributed by atoms with Crippen molar-refractivity contribution in [3.05, 3.63) is 0 Å². The molecule has 1 saturated carbocycles. The quantitative estimate of drug-likeness (QED) is 0.809. The van der Waals surface area contributed by atoms with Crippen molar-refractivity contribution in [2.24, 2.45) is 11.3 Å². The lowest BCUT2D eigenvalue weighted by Gasteiger charge is -2.46. The number of methoxy groups -OCH3 is 1. The van der Waals surface area contributed by atoms with E-state index in [1.54, 1.807) is 12.0 Å². The second-order valence-corrected chi connectivity index (χ2v) is 7.48. The first-order valence-corrected chi connectivity index (χ1v) is 7.83. The number of rotatable bonds is 6. The fraction of sp³-hybridized carbons (Fsp3) is 0.875. The molecule has 1 aliphatic heterocycles. The van der Waals surface area contributed by atoms with Gasteiger partial charge >= 0.3 is 0 Å². The molecule has 5 nitrogen and oxygen atoms in total. The van der Waals surface area contributed by atoms with E-state index in [1.165, 1.54) is 0 Å². The third-order valence-corrected chi connectivity index (χ3v) is 4.91. The topological polar surface area (TPSA) is 58.6 Å². The Balaban J connectivity index is 2.15.